The van der Waals surface area contributed by atoms with Gasteiger partial charge in [-0.25, -0.2) is 4.98 Å². The van der Waals surface area contributed by atoms with E-state index < -0.39 is 0 Å². The van der Waals surface area contributed by atoms with Crippen LogP contribution in [0.3, 0.4) is 0 Å². The first-order chi connectivity index (χ1) is 9.33. The van der Waals surface area contributed by atoms with Crippen molar-refractivity contribution in [3.05, 3.63) is 30.4 Å². The fourth-order valence-corrected chi connectivity index (χ4v) is 3.13. The smallest absolute Gasteiger partial charge is 0.174 e. The fourth-order valence-electron chi connectivity index (χ4n) is 1.74. The Balaban J connectivity index is 2.00. The van der Waals surface area contributed by atoms with Gasteiger partial charge in [-0.2, -0.15) is 4.37 Å². The molecular weight excluding hydrogens is 276 g/mol. The van der Waals surface area contributed by atoms with Gasteiger partial charge < -0.3 is 5.32 Å². The molecule has 2 aromatic heterocycles. The van der Waals surface area contributed by atoms with Gasteiger partial charge >= 0.3 is 0 Å². The molecule has 0 fully saturated rings. The third-order valence-corrected chi connectivity index (χ3v) is 4.40. The number of rotatable bonds is 7. The van der Waals surface area contributed by atoms with Crippen molar-refractivity contribution in [1.82, 2.24) is 19.7 Å². The largest absolute Gasteiger partial charge is 0.309 e. The van der Waals surface area contributed by atoms with Gasteiger partial charge in [0.2, 0.25) is 0 Å². The molecule has 0 radical (unpaired) electrons. The van der Waals surface area contributed by atoms with Crippen LogP contribution < -0.4 is 5.32 Å². The summed E-state index contributed by atoms with van der Waals surface area (Å²) in [5.41, 5.74) is 1.11. The maximum atomic E-state index is 4.56. The van der Waals surface area contributed by atoms with Crippen LogP contribution in [-0.2, 0) is 0 Å². The summed E-state index contributed by atoms with van der Waals surface area (Å²) in [6, 6.07) is 4.55. The van der Waals surface area contributed by atoms with Crippen LogP contribution in [0, 0.1) is 0 Å². The Labute approximate surface area is 122 Å². The Kier molecular flexibility index (Phi) is 5.75. The normalized spacial score (nSPS) is 12.5. The predicted molar refractivity (Wildman–Crippen MR) is 79.6 cm³/mol. The summed E-state index contributed by atoms with van der Waals surface area (Å²) in [6.45, 7) is 5.38. The van der Waals surface area contributed by atoms with E-state index in [-0.39, 0.29) is 0 Å². The summed E-state index contributed by atoms with van der Waals surface area (Å²) in [5, 5.41) is 3.51. The number of nitrogens with zero attached hydrogens (tertiary/aromatic N) is 3. The van der Waals surface area contributed by atoms with Crippen molar-refractivity contribution in [2.75, 3.05) is 6.54 Å². The Morgan fingerprint density at radius 1 is 1.32 bits per heavy atom. The lowest BCUT2D eigenvalue weighted by Crippen LogP contribution is -2.22. The molecule has 2 heterocycles. The van der Waals surface area contributed by atoms with Crippen LogP contribution in [0.4, 0.5) is 0 Å². The van der Waals surface area contributed by atoms with Gasteiger partial charge in [0, 0.05) is 17.1 Å². The van der Waals surface area contributed by atoms with E-state index >= 15 is 0 Å². The summed E-state index contributed by atoms with van der Waals surface area (Å²) in [5.74, 6) is 0. The van der Waals surface area contributed by atoms with Gasteiger partial charge in [-0.15, -0.1) is 0 Å². The van der Waals surface area contributed by atoms with E-state index in [2.05, 4.69) is 45.6 Å². The molecule has 2 aromatic rings. The van der Waals surface area contributed by atoms with Gasteiger partial charge in [-0.05, 0) is 43.1 Å². The average molecular weight is 294 g/mol. The Bertz CT molecular complexity index is 470. The van der Waals surface area contributed by atoms with Crippen LogP contribution in [0.15, 0.2) is 33.9 Å². The lowest BCUT2D eigenvalue weighted by Gasteiger charge is -2.16. The summed E-state index contributed by atoms with van der Waals surface area (Å²) in [7, 11) is 0. The van der Waals surface area contributed by atoms with Crippen molar-refractivity contribution in [2.45, 2.75) is 42.0 Å². The van der Waals surface area contributed by atoms with Crippen molar-refractivity contribution >= 4 is 23.3 Å². The summed E-state index contributed by atoms with van der Waals surface area (Å²) in [4.78, 5) is 9.82. The molecule has 6 heteroatoms. The molecule has 1 N–H and O–H groups in total. The maximum absolute atomic E-state index is 4.56. The lowest BCUT2D eigenvalue weighted by molar-refractivity contribution is 0.507. The third kappa shape index (κ3) is 4.26. The predicted octanol–water partition coefficient (Wildman–Crippen LogP) is 3.54. The van der Waals surface area contributed by atoms with Crippen LogP contribution in [-0.4, -0.2) is 20.9 Å². The van der Waals surface area contributed by atoms with Crippen LogP contribution in [0.1, 0.15) is 38.4 Å². The van der Waals surface area contributed by atoms with Gasteiger partial charge in [0.15, 0.2) is 4.34 Å². The molecule has 19 heavy (non-hydrogen) atoms. The van der Waals surface area contributed by atoms with Crippen molar-refractivity contribution < 1.29 is 0 Å². The third-order valence-electron chi connectivity index (χ3n) is 2.71. The van der Waals surface area contributed by atoms with E-state index in [1.165, 1.54) is 11.5 Å². The zero-order chi connectivity index (χ0) is 13.5. The van der Waals surface area contributed by atoms with E-state index in [1.54, 1.807) is 18.1 Å². The van der Waals surface area contributed by atoms with E-state index in [4.69, 9.17) is 0 Å². The minimum absolute atomic E-state index is 0.348. The topological polar surface area (TPSA) is 50.7 Å². The van der Waals surface area contributed by atoms with Crippen LogP contribution in [0.25, 0.3) is 0 Å². The molecule has 0 aliphatic rings. The molecular formula is C13H18N4S2. The lowest BCUT2D eigenvalue weighted by atomic mass is 10.1. The van der Waals surface area contributed by atoms with Gasteiger partial charge in [-0.3, -0.25) is 4.98 Å². The highest BCUT2D eigenvalue weighted by Crippen LogP contribution is 2.28. The summed E-state index contributed by atoms with van der Waals surface area (Å²) in [6.07, 6.45) is 5.69. The van der Waals surface area contributed by atoms with Gasteiger partial charge in [0.05, 0.1) is 5.69 Å². The minimum Gasteiger partial charge on any atom is -0.309 e. The molecule has 102 valence electrons. The Morgan fingerprint density at radius 3 is 2.79 bits per heavy atom. The molecule has 1 atom stereocenters. The Morgan fingerprint density at radius 2 is 2.21 bits per heavy atom. The standard InChI is InChI=1S/C13H18N4S2/c1-3-7-14-11(4-2)12-6-5-10(8-15-12)18-13-16-9-17-19-13/h5-6,8-9,11,14H,3-4,7H2,1-2H3. The van der Waals surface area contributed by atoms with Crippen molar-refractivity contribution in [3.63, 3.8) is 0 Å². The highest BCUT2D eigenvalue weighted by atomic mass is 32.2. The first-order valence-corrected chi connectivity index (χ1v) is 8.06. The molecule has 1 unspecified atom stereocenters. The number of aromatic nitrogens is 3. The number of hydrogen-bond acceptors (Lipinski definition) is 6. The Hall–Kier alpha value is -0.980. The molecule has 0 saturated heterocycles. The fraction of sp³-hybridized carbons (Fsp3) is 0.462. The maximum Gasteiger partial charge on any atom is 0.174 e. The first kappa shape index (κ1) is 14.4. The van der Waals surface area contributed by atoms with Gasteiger partial charge in [0.25, 0.3) is 0 Å². The average Bonchev–Trinajstić information content (AvgIpc) is 2.94. The molecule has 0 spiro atoms. The second-order valence-corrected chi connectivity index (χ2v) is 6.24. The second-order valence-electron chi connectivity index (χ2n) is 4.14. The first-order valence-electron chi connectivity index (χ1n) is 6.47. The highest BCUT2D eigenvalue weighted by Gasteiger charge is 2.09. The molecule has 0 saturated carbocycles. The minimum atomic E-state index is 0.348. The molecule has 0 aliphatic carbocycles. The zero-order valence-electron chi connectivity index (χ0n) is 11.2. The molecule has 0 aliphatic heterocycles. The van der Waals surface area contributed by atoms with Crippen LogP contribution in [0.5, 0.6) is 0 Å². The molecule has 0 aromatic carbocycles. The summed E-state index contributed by atoms with van der Waals surface area (Å²) < 4.78 is 4.94. The van der Waals surface area contributed by atoms with Gasteiger partial charge in [-0.1, -0.05) is 25.6 Å². The molecule has 2 rings (SSSR count). The molecule has 4 nitrogen and oxygen atoms in total. The van der Waals surface area contributed by atoms with E-state index in [1.807, 2.05) is 6.20 Å². The van der Waals surface area contributed by atoms with Gasteiger partial charge in [0.1, 0.15) is 6.33 Å². The molecule has 0 amide bonds. The number of pyridine rings is 1. The van der Waals surface area contributed by atoms with E-state index in [0.29, 0.717) is 6.04 Å². The number of hydrogen-bond donors (Lipinski definition) is 1. The number of nitrogens with one attached hydrogen (secondary N) is 1. The quantitative estimate of drug-likeness (QED) is 0.846. The van der Waals surface area contributed by atoms with E-state index in [0.717, 1.165) is 34.3 Å². The van der Waals surface area contributed by atoms with Crippen molar-refractivity contribution in [2.24, 2.45) is 0 Å². The zero-order valence-corrected chi connectivity index (χ0v) is 12.8. The SMILES string of the molecule is CCCNC(CC)c1ccc(Sc2ncns2)cn1. The van der Waals surface area contributed by atoms with Crippen LogP contribution >= 0.6 is 23.3 Å². The van der Waals surface area contributed by atoms with Crippen molar-refractivity contribution in [3.8, 4) is 0 Å². The van der Waals surface area contributed by atoms with E-state index in [9.17, 15) is 0 Å². The van der Waals surface area contributed by atoms with Crippen molar-refractivity contribution in [1.29, 1.82) is 0 Å². The monoisotopic (exact) mass is 294 g/mol. The molecule has 0 bridgehead atoms. The highest BCUT2D eigenvalue weighted by molar-refractivity contribution is 8.01. The second kappa shape index (κ2) is 7.57. The van der Waals surface area contributed by atoms with Crippen LogP contribution in [0.2, 0.25) is 0 Å². The summed E-state index contributed by atoms with van der Waals surface area (Å²) >= 11 is 3.01.